The molecule has 1 amide bonds. The van der Waals surface area contributed by atoms with Gasteiger partial charge in [0.15, 0.2) is 0 Å². The first-order valence-electron chi connectivity index (χ1n) is 6.13. The average molecular weight is 286 g/mol. The van der Waals surface area contributed by atoms with Crippen molar-refractivity contribution < 1.29 is 4.79 Å². The number of hydrogen-bond acceptors (Lipinski definition) is 1. The average Bonchev–Trinajstić information content (AvgIpc) is 2.57. The Bertz CT molecular complexity index is 471. The standard InChI is InChI=1S/C14H17Cl2NO/c1-14(2)6-5-10(8-14)17-13(18)11-4-3-9(15)7-12(11)16/h3-4,7,10H,5-6,8H2,1-2H3,(H,17,18). The second kappa shape index (κ2) is 5.10. The lowest BCUT2D eigenvalue weighted by Gasteiger charge is -2.18. The first kappa shape index (κ1) is 13.7. The molecule has 2 rings (SSSR count). The van der Waals surface area contributed by atoms with Gasteiger partial charge in [-0.15, -0.1) is 0 Å². The lowest BCUT2D eigenvalue weighted by molar-refractivity contribution is 0.0936. The van der Waals surface area contributed by atoms with Crippen LogP contribution in [0.25, 0.3) is 0 Å². The second-order valence-electron chi connectivity index (χ2n) is 5.70. The molecular weight excluding hydrogens is 269 g/mol. The number of rotatable bonds is 2. The highest BCUT2D eigenvalue weighted by Gasteiger charge is 2.31. The van der Waals surface area contributed by atoms with Crippen LogP contribution in [0.5, 0.6) is 0 Å². The Morgan fingerprint density at radius 2 is 2.11 bits per heavy atom. The third-order valence-corrected chi connectivity index (χ3v) is 4.03. The van der Waals surface area contributed by atoms with Crippen molar-refractivity contribution >= 4 is 29.1 Å². The Balaban J connectivity index is 2.04. The van der Waals surface area contributed by atoms with Crippen molar-refractivity contribution in [3.8, 4) is 0 Å². The lowest BCUT2D eigenvalue weighted by Crippen LogP contribution is -2.33. The van der Waals surface area contributed by atoms with Crippen LogP contribution in [0.4, 0.5) is 0 Å². The molecule has 0 aromatic heterocycles. The molecule has 2 nitrogen and oxygen atoms in total. The van der Waals surface area contributed by atoms with E-state index < -0.39 is 0 Å². The van der Waals surface area contributed by atoms with Crippen LogP contribution < -0.4 is 5.32 Å². The number of hydrogen-bond donors (Lipinski definition) is 1. The molecule has 1 aromatic carbocycles. The van der Waals surface area contributed by atoms with E-state index in [1.54, 1.807) is 18.2 Å². The van der Waals surface area contributed by atoms with Gasteiger partial charge in [0.1, 0.15) is 0 Å². The summed E-state index contributed by atoms with van der Waals surface area (Å²) in [7, 11) is 0. The highest BCUT2D eigenvalue weighted by atomic mass is 35.5. The van der Waals surface area contributed by atoms with E-state index in [9.17, 15) is 4.79 Å². The Labute approximate surface area is 118 Å². The fourth-order valence-electron chi connectivity index (χ4n) is 2.50. The van der Waals surface area contributed by atoms with Crippen molar-refractivity contribution in [2.75, 3.05) is 0 Å². The summed E-state index contributed by atoms with van der Waals surface area (Å²) >= 11 is 11.8. The van der Waals surface area contributed by atoms with Gasteiger partial charge in [-0.3, -0.25) is 4.79 Å². The van der Waals surface area contributed by atoms with E-state index in [1.807, 2.05) is 0 Å². The van der Waals surface area contributed by atoms with E-state index in [1.165, 1.54) is 0 Å². The number of nitrogens with one attached hydrogen (secondary N) is 1. The smallest absolute Gasteiger partial charge is 0.253 e. The number of carbonyl (C=O) groups excluding carboxylic acids is 1. The van der Waals surface area contributed by atoms with Crippen LogP contribution in [0.2, 0.25) is 10.0 Å². The Kier molecular flexibility index (Phi) is 3.88. The van der Waals surface area contributed by atoms with Crippen LogP contribution in [0.3, 0.4) is 0 Å². The van der Waals surface area contributed by atoms with E-state index in [0.717, 1.165) is 19.3 Å². The summed E-state index contributed by atoms with van der Waals surface area (Å²) in [6, 6.07) is 5.19. The Morgan fingerprint density at radius 3 is 2.67 bits per heavy atom. The van der Waals surface area contributed by atoms with Gasteiger partial charge in [0.25, 0.3) is 5.91 Å². The molecule has 98 valence electrons. The van der Waals surface area contributed by atoms with Gasteiger partial charge in [-0.1, -0.05) is 37.0 Å². The van der Waals surface area contributed by atoms with Gasteiger partial charge >= 0.3 is 0 Å². The monoisotopic (exact) mass is 285 g/mol. The molecule has 0 heterocycles. The molecule has 0 aliphatic heterocycles. The first-order valence-corrected chi connectivity index (χ1v) is 6.89. The SMILES string of the molecule is CC1(C)CCC(NC(=O)c2ccc(Cl)cc2Cl)C1. The number of amides is 1. The molecule has 0 bridgehead atoms. The van der Waals surface area contributed by atoms with Crippen LogP contribution in [-0.4, -0.2) is 11.9 Å². The Hall–Kier alpha value is -0.730. The summed E-state index contributed by atoms with van der Waals surface area (Å²) in [5, 5.41) is 3.99. The van der Waals surface area contributed by atoms with Crippen LogP contribution in [0, 0.1) is 5.41 Å². The van der Waals surface area contributed by atoms with E-state index in [4.69, 9.17) is 23.2 Å². The molecule has 0 spiro atoms. The molecule has 1 atom stereocenters. The van der Waals surface area contributed by atoms with E-state index in [-0.39, 0.29) is 11.9 Å². The van der Waals surface area contributed by atoms with Crippen LogP contribution >= 0.6 is 23.2 Å². The van der Waals surface area contributed by atoms with Crippen molar-refractivity contribution in [1.29, 1.82) is 0 Å². The van der Waals surface area contributed by atoms with E-state index in [2.05, 4.69) is 19.2 Å². The minimum Gasteiger partial charge on any atom is -0.349 e. The third-order valence-electron chi connectivity index (χ3n) is 3.48. The molecule has 1 aromatic rings. The van der Waals surface area contributed by atoms with Crippen LogP contribution in [0.15, 0.2) is 18.2 Å². The number of benzene rings is 1. The molecule has 1 unspecified atom stereocenters. The topological polar surface area (TPSA) is 29.1 Å². The number of halogens is 2. The fourth-order valence-corrected chi connectivity index (χ4v) is 2.99. The lowest BCUT2D eigenvalue weighted by atomic mass is 9.92. The van der Waals surface area contributed by atoms with Crippen molar-refractivity contribution in [3.63, 3.8) is 0 Å². The van der Waals surface area contributed by atoms with Crippen LogP contribution in [0.1, 0.15) is 43.5 Å². The van der Waals surface area contributed by atoms with Gasteiger partial charge in [-0.2, -0.15) is 0 Å². The van der Waals surface area contributed by atoms with Gasteiger partial charge in [-0.25, -0.2) is 0 Å². The molecule has 1 fully saturated rings. The summed E-state index contributed by atoms with van der Waals surface area (Å²) in [5.74, 6) is -0.112. The molecule has 1 saturated carbocycles. The Morgan fingerprint density at radius 1 is 1.39 bits per heavy atom. The maximum Gasteiger partial charge on any atom is 0.253 e. The van der Waals surface area contributed by atoms with Crippen molar-refractivity contribution in [1.82, 2.24) is 5.32 Å². The molecule has 4 heteroatoms. The largest absolute Gasteiger partial charge is 0.349 e. The van der Waals surface area contributed by atoms with Gasteiger partial charge in [0.05, 0.1) is 10.6 Å². The predicted molar refractivity (Wildman–Crippen MR) is 75.3 cm³/mol. The zero-order chi connectivity index (χ0) is 13.3. The predicted octanol–water partition coefficient (Wildman–Crippen LogP) is 4.30. The van der Waals surface area contributed by atoms with Gasteiger partial charge in [-0.05, 0) is 42.9 Å². The summed E-state index contributed by atoms with van der Waals surface area (Å²) in [4.78, 5) is 12.1. The second-order valence-corrected chi connectivity index (χ2v) is 6.55. The minimum absolute atomic E-state index is 0.112. The summed E-state index contributed by atoms with van der Waals surface area (Å²) < 4.78 is 0. The third kappa shape index (κ3) is 3.18. The molecule has 1 aliphatic rings. The zero-order valence-electron chi connectivity index (χ0n) is 10.6. The zero-order valence-corrected chi connectivity index (χ0v) is 12.1. The summed E-state index contributed by atoms with van der Waals surface area (Å²) in [5.41, 5.74) is 0.813. The summed E-state index contributed by atoms with van der Waals surface area (Å²) in [6.07, 6.45) is 3.19. The molecule has 0 saturated heterocycles. The summed E-state index contributed by atoms with van der Waals surface area (Å²) in [6.45, 7) is 4.46. The quantitative estimate of drug-likeness (QED) is 0.862. The minimum atomic E-state index is -0.112. The molecular formula is C14H17Cl2NO. The number of carbonyl (C=O) groups is 1. The van der Waals surface area contributed by atoms with Gasteiger partial charge in [0, 0.05) is 11.1 Å². The van der Waals surface area contributed by atoms with E-state index in [0.29, 0.717) is 21.0 Å². The maximum atomic E-state index is 12.1. The molecule has 18 heavy (non-hydrogen) atoms. The van der Waals surface area contributed by atoms with Crippen molar-refractivity contribution in [3.05, 3.63) is 33.8 Å². The van der Waals surface area contributed by atoms with Crippen molar-refractivity contribution in [2.24, 2.45) is 5.41 Å². The maximum absolute atomic E-state index is 12.1. The highest BCUT2D eigenvalue weighted by Crippen LogP contribution is 2.37. The van der Waals surface area contributed by atoms with Crippen LogP contribution in [-0.2, 0) is 0 Å². The molecule has 0 radical (unpaired) electrons. The first-order chi connectivity index (χ1) is 8.37. The highest BCUT2D eigenvalue weighted by molar-refractivity contribution is 6.36. The van der Waals surface area contributed by atoms with E-state index >= 15 is 0 Å². The normalized spacial score (nSPS) is 21.9. The fraction of sp³-hybridized carbons (Fsp3) is 0.500. The molecule has 1 N–H and O–H groups in total. The molecule has 1 aliphatic carbocycles. The van der Waals surface area contributed by atoms with Gasteiger partial charge < -0.3 is 5.32 Å². The van der Waals surface area contributed by atoms with Crippen molar-refractivity contribution in [2.45, 2.75) is 39.2 Å². The van der Waals surface area contributed by atoms with Gasteiger partial charge in [0.2, 0.25) is 0 Å².